The Balaban J connectivity index is 1.90. The minimum Gasteiger partial charge on any atom is -0.456 e. The number of nitrogens with one attached hydrogen (secondary N) is 1. The first-order valence-corrected chi connectivity index (χ1v) is 12.5. The first-order valence-electron chi connectivity index (χ1n) is 9.88. The van der Waals surface area contributed by atoms with Crippen LogP contribution < -0.4 is 5.32 Å². The van der Waals surface area contributed by atoms with Crippen molar-refractivity contribution in [3.63, 3.8) is 0 Å². The molecule has 2 heterocycles. The van der Waals surface area contributed by atoms with Crippen molar-refractivity contribution in [1.82, 2.24) is 0 Å². The highest BCUT2D eigenvalue weighted by atomic mass is 32.2. The number of fused-ring (bicyclic) bond motifs is 1. The van der Waals surface area contributed by atoms with Crippen LogP contribution in [0.2, 0.25) is 0 Å². The van der Waals surface area contributed by atoms with Gasteiger partial charge in [-0.25, -0.2) is 13.2 Å². The van der Waals surface area contributed by atoms with Gasteiger partial charge < -0.3 is 10.1 Å². The fraction of sp³-hybridized carbons (Fsp3) is 0.700. The molecule has 0 saturated carbocycles. The van der Waals surface area contributed by atoms with Gasteiger partial charge in [-0.2, -0.15) is 0 Å². The van der Waals surface area contributed by atoms with Crippen molar-refractivity contribution in [2.75, 3.05) is 16.8 Å². The second kappa shape index (κ2) is 7.78. The summed E-state index contributed by atoms with van der Waals surface area (Å²) in [5.41, 5.74) is 0.810. The molecule has 8 heteroatoms. The zero-order valence-electron chi connectivity index (χ0n) is 17.0. The van der Waals surface area contributed by atoms with E-state index < -0.39 is 27.3 Å². The topological polar surface area (TPSA) is 89.5 Å². The van der Waals surface area contributed by atoms with Crippen LogP contribution in [0.3, 0.4) is 0 Å². The Morgan fingerprint density at radius 1 is 1.25 bits per heavy atom. The molecule has 1 fully saturated rings. The Morgan fingerprint density at radius 3 is 2.54 bits per heavy atom. The zero-order valence-corrected chi connectivity index (χ0v) is 18.6. The van der Waals surface area contributed by atoms with Gasteiger partial charge >= 0.3 is 5.97 Å². The largest absolute Gasteiger partial charge is 0.456 e. The molecule has 3 rings (SSSR count). The van der Waals surface area contributed by atoms with Gasteiger partial charge in [0.15, 0.2) is 9.84 Å². The third kappa shape index (κ3) is 4.76. The number of anilines is 1. The van der Waals surface area contributed by atoms with Crippen LogP contribution in [0.25, 0.3) is 0 Å². The predicted molar refractivity (Wildman–Crippen MR) is 111 cm³/mol. The predicted octanol–water partition coefficient (Wildman–Crippen LogP) is 3.59. The van der Waals surface area contributed by atoms with Crippen LogP contribution in [0, 0.1) is 11.8 Å². The average Bonchev–Trinajstić information content (AvgIpc) is 3.11. The number of carbonyl (C=O) groups excluding carboxylic acids is 2. The van der Waals surface area contributed by atoms with Crippen LogP contribution in [0.5, 0.6) is 0 Å². The smallest absolute Gasteiger partial charge is 0.341 e. The fourth-order valence-electron chi connectivity index (χ4n) is 3.85. The number of sulfone groups is 1. The van der Waals surface area contributed by atoms with Crippen LogP contribution >= 0.6 is 11.3 Å². The van der Waals surface area contributed by atoms with Crippen molar-refractivity contribution in [3.05, 3.63) is 16.0 Å². The van der Waals surface area contributed by atoms with Crippen LogP contribution in [-0.2, 0) is 32.2 Å². The molecule has 0 radical (unpaired) electrons. The van der Waals surface area contributed by atoms with E-state index in [1.807, 2.05) is 20.8 Å². The molecule has 156 valence electrons. The molecule has 1 aromatic heterocycles. The molecule has 0 aromatic carbocycles. The molecule has 0 bridgehead atoms. The molecule has 1 saturated heterocycles. The Bertz CT molecular complexity index is 879. The molecule has 1 amide bonds. The van der Waals surface area contributed by atoms with Gasteiger partial charge in [0.25, 0.3) is 0 Å². The molecule has 28 heavy (non-hydrogen) atoms. The number of carbonyl (C=O) groups is 2. The molecule has 1 aliphatic carbocycles. The van der Waals surface area contributed by atoms with Crippen molar-refractivity contribution in [1.29, 1.82) is 0 Å². The highest BCUT2D eigenvalue weighted by molar-refractivity contribution is 7.91. The summed E-state index contributed by atoms with van der Waals surface area (Å²) in [5, 5.41) is 3.37. The lowest BCUT2D eigenvalue weighted by Crippen LogP contribution is -2.27. The summed E-state index contributed by atoms with van der Waals surface area (Å²) in [7, 11) is -3.15. The van der Waals surface area contributed by atoms with Crippen molar-refractivity contribution >= 4 is 38.1 Å². The minimum absolute atomic E-state index is 0.0448. The van der Waals surface area contributed by atoms with Gasteiger partial charge in [-0.05, 0) is 57.9 Å². The maximum atomic E-state index is 12.9. The number of amides is 1. The molecule has 0 unspecified atom stereocenters. The summed E-state index contributed by atoms with van der Waals surface area (Å²) in [6.45, 7) is 7.62. The molecule has 6 nitrogen and oxygen atoms in total. The Kier molecular flexibility index (Phi) is 5.92. The molecule has 2 atom stereocenters. The Labute approximate surface area is 171 Å². The van der Waals surface area contributed by atoms with Crippen molar-refractivity contribution in [2.24, 2.45) is 11.8 Å². The minimum atomic E-state index is -3.15. The van der Waals surface area contributed by atoms with E-state index in [-0.39, 0.29) is 17.4 Å². The lowest BCUT2D eigenvalue weighted by molar-refractivity contribution is -0.119. The third-order valence-corrected chi connectivity index (χ3v) is 8.33. The van der Waals surface area contributed by atoms with Gasteiger partial charge in [0.2, 0.25) is 5.91 Å². The van der Waals surface area contributed by atoms with Gasteiger partial charge in [0, 0.05) is 4.88 Å². The average molecular weight is 428 g/mol. The van der Waals surface area contributed by atoms with Crippen LogP contribution in [0.15, 0.2) is 0 Å². The van der Waals surface area contributed by atoms with Gasteiger partial charge in [-0.3, -0.25) is 4.79 Å². The molecular formula is C20H29NO5S2. The van der Waals surface area contributed by atoms with Crippen molar-refractivity contribution in [3.8, 4) is 0 Å². The number of rotatable bonds is 4. The van der Waals surface area contributed by atoms with E-state index in [2.05, 4.69) is 12.2 Å². The monoisotopic (exact) mass is 427 g/mol. The molecule has 1 aliphatic heterocycles. The Morgan fingerprint density at radius 2 is 1.96 bits per heavy atom. The van der Waals surface area contributed by atoms with E-state index in [4.69, 9.17) is 4.74 Å². The number of esters is 1. The maximum absolute atomic E-state index is 12.9. The summed E-state index contributed by atoms with van der Waals surface area (Å²) in [6, 6.07) is 0. The number of hydrogen-bond donors (Lipinski definition) is 1. The lowest BCUT2D eigenvalue weighted by atomic mass is 9.85. The second-order valence-corrected chi connectivity index (χ2v) is 12.1. The van der Waals surface area contributed by atoms with Crippen molar-refractivity contribution < 1.29 is 22.7 Å². The zero-order chi connectivity index (χ0) is 20.7. The van der Waals surface area contributed by atoms with Crippen LogP contribution in [-0.4, -0.2) is 37.4 Å². The van der Waals surface area contributed by atoms with Crippen molar-refractivity contribution in [2.45, 2.75) is 65.4 Å². The highest BCUT2D eigenvalue weighted by Crippen LogP contribution is 2.41. The first kappa shape index (κ1) is 21.3. The van der Waals surface area contributed by atoms with Gasteiger partial charge in [0.05, 0.1) is 23.0 Å². The summed E-state index contributed by atoms with van der Waals surface area (Å²) in [4.78, 5) is 26.7. The van der Waals surface area contributed by atoms with E-state index in [1.54, 1.807) is 0 Å². The molecule has 0 spiro atoms. The standard InChI is InChI=1S/C20H29NO5S2/c1-5-12-6-7-14-15(10-12)27-18(16(14)19(23)26-20(2,3)4)21-17(22)13-8-9-28(24,25)11-13/h12-13H,5-11H2,1-4H3,(H,21,22)/t12-,13+/m0/s1. The van der Waals surface area contributed by atoms with E-state index >= 15 is 0 Å². The number of ether oxygens (including phenoxy) is 1. The van der Waals surface area contributed by atoms with Crippen LogP contribution in [0.1, 0.15) is 67.8 Å². The summed E-state index contributed by atoms with van der Waals surface area (Å²) in [6.07, 6.45) is 4.14. The first-order chi connectivity index (χ1) is 13.0. The van der Waals surface area contributed by atoms with Gasteiger partial charge in [0.1, 0.15) is 10.6 Å². The molecule has 1 aromatic rings. The lowest BCUT2D eigenvalue weighted by Gasteiger charge is -2.23. The summed E-state index contributed by atoms with van der Waals surface area (Å²) >= 11 is 1.44. The molecule has 2 aliphatic rings. The van der Waals surface area contributed by atoms with E-state index in [1.165, 1.54) is 11.3 Å². The SMILES string of the molecule is CC[C@H]1CCc2c(sc(NC(=O)[C@@H]3CCS(=O)(=O)C3)c2C(=O)OC(C)(C)C)C1. The van der Waals surface area contributed by atoms with E-state index in [0.29, 0.717) is 22.9 Å². The highest BCUT2D eigenvalue weighted by Gasteiger charge is 2.36. The number of thiophene rings is 1. The second-order valence-electron chi connectivity index (χ2n) is 8.82. The fourth-order valence-corrected chi connectivity index (χ4v) is 6.95. The summed E-state index contributed by atoms with van der Waals surface area (Å²) < 4.78 is 29.0. The number of hydrogen-bond acceptors (Lipinski definition) is 6. The normalized spacial score (nSPS) is 23.9. The quantitative estimate of drug-likeness (QED) is 0.742. The van der Waals surface area contributed by atoms with Gasteiger partial charge in [-0.15, -0.1) is 11.3 Å². The third-order valence-electron chi connectivity index (χ3n) is 5.39. The molecule has 1 N–H and O–H groups in total. The van der Waals surface area contributed by atoms with Gasteiger partial charge in [-0.1, -0.05) is 13.3 Å². The Hall–Kier alpha value is -1.41. The van der Waals surface area contributed by atoms with Crippen LogP contribution in [0.4, 0.5) is 5.00 Å². The molecular weight excluding hydrogens is 398 g/mol. The summed E-state index contributed by atoms with van der Waals surface area (Å²) in [5.74, 6) is -0.793. The maximum Gasteiger partial charge on any atom is 0.341 e. The van der Waals surface area contributed by atoms with E-state index in [0.717, 1.165) is 36.1 Å². The van der Waals surface area contributed by atoms with E-state index in [9.17, 15) is 18.0 Å².